The summed E-state index contributed by atoms with van der Waals surface area (Å²) >= 11 is 0. The van der Waals surface area contributed by atoms with Gasteiger partial charge in [-0.2, -0.15) is 0 Å². The summed E-state index contributed by atoms with van der Waals surface area (Å²) in [7, 11) is 1.58. The molecule has 0 unspecified atom stereocenters. The predicted molar refractivity (Wildman–Crippen MR) is 96.0 cm³/mol. The third kappa shape index (κ3) is 6.14. The number of amides is 1. The molecular formula is C20H21NO4. The predicted octanol–water partition coefficient (Wildman–Crippen LogP) is 3.13. The van der Waals surface area contributed by atoms with Crippen molar-refractivity contribution in [1.82, 2.24) is 5.32 Å². The number of hydrogen-bond donors (Lipinski definition) is 1. The molecule has 0 saturated heterocycles. The van der Waals surface area contributed by atoms with Crippen molar-refractivity contribution in [2.45, 2.75) is 13.0 Å². The SMILES string of the molecule is COc1cccc(/C=C/C(=O)OCC(=O)N[C@@H](C)c2ccccc2)c1. The molecule has 0 saturated carbocycles. The third-order valence-corrected chi connectivity index (χ3v) is 3.53. The van der Waals surface area contributed by atoms with Gasteiger partial charge in [-0.1, -0.05) is 42.5 Å². The minimum Gasteiger partial charge on any atom is -0.497 e. The van der Waals surface area contributed by atoms with Gasteiger partial charge in [0.2, 0.25) is 0 Å². The Hall–Kier alpha value is -3.08. The molecule has 0 aromatic heterocycles. The van der Waals surface area contributed by atoms with Gasteiger partial charge in [0.15, 0.2) is 6.61 Å². The van der Waals surface area contributed by atoms with Crippen molar-refractivity contribution in [3.8, 4) is 5.75 Å². The van der Waals surface area contributed by atoms with Crippen molar-refractivity contribution in [2.75, 3.05) is 13.7 Å². The number of esters is 1. The lowest BCUT2D eigenvalue weighted by Crippen LogP contribution is -2.30. The fourth-order valence-corrected chi connectivity index (χ4v) is 2.20. The van der Waals surface area contributed by atoms with Crippen molar-refractivity contribution < 1.29 is 19.1 Å². The second-order valence-corrected chi connectivity index (χ2v) is 5.42. The first-order chi connectivity index (χ1) is 12.1. The minimum atomic E-state index is -0.578. The van der Waals surface area contributed by atoms with Crippen LogP contribution in [0.4, 0.5) is 0 Å². The fraction of sp³-hybridized carbons (Fsp3) is 0.200. The summed E-state index contributed by atoms with van der Waals surface area (Å²) in [5.41, 5.74) is 1.79. The molecule has 2 rings (SSSR count). The van der Waals surface area contributed by atoms with Gasteiger partial charge < -0.3 is 14.8 Å². The van der Waals surface area contributed by atoms with E-state index in [2.05, 4.69) is 5.32 Å². The fourth-order valence-electron chi connectivity index (χ4n) is 2.20. The molecule has 25 heavy (non-hydrogen) atoms. The molecule has 0 fully saturated rings. The van der Waals surface area contributed by atoms with Gasteiger partial charge in [-0.15, -0.1) is 0 Å². The average molecular weight is 339 g/mol. The minimum absolute atomic E-state index is 0.153. The molecule has 130 valence electrons. The van der Waals surface area contributed by atoms with Crippen molar-refractivity contribution in [3.05, 3.63) is 71.8 Å². The topological polar surface area (TPSA) is 64.6 Å². The Morgan fingerprint density at radius 3 is 2.60 bits per heavy atom. The number of ether oxygens (including phenoxy) is 2. The van der Waals surface area contributed by atoms with E-state index in [1.165, 1.54) is 6.08 Å². The van der Waals surface area contributed by atoms with E-state index in [4.69, 9.17) is 9.47 Å². The Bertz CT molecular complexity index is 740. The molecule has 0 radical (unpaired) electrons. The first kappa shape index (κ1) is 18.3. The zero-order valence-corrected chi connectivity index (χ0v) is 14.3. The highest BCUT2D eigenvalue weighted by molar-refractivity contribution is 5.89. The van der Waals surface area contributed by atoms with Gasteiger partial charge in [0, 0.05) is 6.08 Å². The molecule has 1 amide bonds. The maximum Gasteiger partial charge on any atom is 0.331 e. The quantitative estimate of drug-likeness (QED) is 0.622. The number of hydrogen-bond acceptors (Lipinski definition) is 4. The van der Waals surface area contributed by atoms with Gasteiger partial charge >= 0.3 is 5.97 Å². The van der Waals surface area contributed by atoms with Gasteiger partial charge in [-0.25, -0.2) is 4.79 Å². The molecular weight excluding hydrogens is 318 g/mol. The van der Waals surface area contributed by atoms with Crippen LogP contribution in [0.3, 0.4) is 0 Å². The highest BCUT2D eigenvalue weighted by atomic mass is 16.5. The third-order valence-electron chi connectivity index (χ3n) is 3.53. The first-order valence-electron chi connectivity index (χ1n) is 7.91. The van der Waals surface area contributed by atoms with Gasteiger partial charge in [0.1, 0.15) is 5.75 Å². The molecule has 0 bridgehead atoms. The van der Waals surface area contributed by atoms with Crippen LogP contribution in [0.15, 0.2) is 60.7 Å². The smallest absolute Gasteiger partial charge is 0.331 e. The highest BCUT2D eigenvalue weighted by Gasteiger charge is 2.10. The van der Waals surface area contributed by atoms with E-state index in [9.17, 15) is 9.59 Å². The molecule has 5 heteroatoms. The molecule has 2 aromatic rings. The van der Waals surface area contributed by atoms with E-state index in [0.29, 0.717) is 5.75 Å². The number of rotatable bonds is 7. The van der Waals surface area contributed by atoms with Crippen LogP contribution < -0.4 is 10.1 Å². The standard InChI is InChI=1S/C20H21NO4/c1-15(17-8-4-3-5-9-17)21-19(22)14-25-20(23)12-11-16-7-6-10-18(13-16)24-2/h3-13,15H,14H2,1-2H3,(H,21,22)/b12-11+/t15-/m0/s1. The van der Waals surface area contributed by atoms with Crippen LogP contribution in [0, 0.1) is 0 Å². The lowest BCUT2D eigenvalue weighted by Gasteiger charge is -2.13. The van der Waals surface area contributed by atoms with E-state index in [0.717, 1.165) is 11.1 Å². The number of methoxy groups -OCH3 is 1. The van der Waals surface area contributed by atoms with Crippen LogP contribution in [0.1, 0.15) is 24.1 Å². The Labute approximate surface area is 147 Å². The van der Waals surface area contributed by atoms with E-state index < -0.39 is 5.97 Å². The normalized spacial score (nSPS) is 11.8. The molecule has 0 aliphatic heterocycles. The lowest BCUT2D eigenvalue weighted by atomic mass is 10.1. The number of nitrogens with one attached hydrogen (secondary N) is 1. The largest absolute Gasteiger partial charge is 0.497 e. The molecule has 2 aromatic carbocycles. The van der Waals surface area contributed by atoms with E-state index in [1.807, 2.05) is 55.5 Å². The summed E-state index contributed by atoms with van der Waals surface area (Å²) in [6, 6.07) is 16.7. The summed E-state index contributed by atoms with van der Waals surface area (Å²) in [5.74, 6) is -0.227. The molecule has 1 N–H and O–H groups in total. The van der Waals surface area contributed by atoms with Crippen molar-refractivity contribution in [2.24, 2.45) is 0 Å². The van der Waals surface area contributed by atoms with Crippen molar-refractivity contribution in [3.63, 3.8) is 0 Å². The Kier molecular flexibility index (Phi) is 6.77. The lowest BCUT2D eigenvalue weighted by molar-refractivity contribution is -0.144. The molecule has 0 aliphatic rings. The number of carbonyl (C=O) groups excluding carboxylic acids is 2. The van der Waals surface area contributed by atoms with Gasteiger partial charge in [0.25, 0.3) is 5.91 Å². The number of benzene rings is 2. The average Bonchev–Trinajstić information content (AvgIpc) is 2.65. The maximum atomic E-state index is 11.9. The molecule has 0 spiro atoms. The van der Waals surface area contributed by atoms with Crippen molar-refractivity contribution in [1.29, 1.82) is 0 Å². The van der Waals surface area contributed by atoms with Crippen LogP contribution in [-0.4, -0.2) is 25.6 Å². The van der Waals surface area contributed by atoms with Crippen molar-refractivity contribution >= 4 is 18.0 Å². The zero-order chi connectivity index (χ0) is 18.1. The first-order valence-corrected chi connectivity index (χ1v) is 7.91. The Morgan fingerprint density at radius 1 is 1.12 bits per heavy atom. The summed E-state index contributed by atoms with van der Waals surface area (Å²) in [6.45, 7) is 1.55. The zero-order valence-electron chi connectivity index (χ0n) is 14.3. The second kappa shape index (κ2) is 9.27. The van der Waals surface area contributed by atoms with E-state index >= 15 is 0 Å². The van der Waals surface area contributed by atoms with Crippen LogP contribution in [0.2, 0.25) is 0 Å². The Morgan fingerprint density at radius 2 is 1.88 bits per heavy atom. The second-order valence-electron chi connectivity index (χ2n) is 5.42. The maximum absolute atomic E-state index is 11.9. The van der Waals surface area contributed by atoms with Gasteiger partial charge in [-0.05, 0) is 36.3 Å². The van der Waals surface area contributed by atoms with Crippen LogP contribution in [-0.2, 0) is 14.3 Å². The number of carbonyl (C=O) groups is 2. The van der Waals surface area contributed by atoms with Crippen LogP contribution in [0.5, 0.6) is 5.75 Å². The van der Waals surface area contributed by atoms with E-state index in [1.54, 1.807) is 19.3 Å². The van der Waals surface area contributed by atoms with E-state index in [-0.39, 0.29) is 18.6 Å². The summed E-state index contributed by atoms with van der Waals surface area (Å²) in [6.07, 6.45) is 2.89. The summed E-state index contributed by atoms with van der Waals surface area (Å²) in [5, 5.41) is 2.78. The molecule has 0 aliphatic carbocycles. The van der Waals surface area contributed by atoms with Crippen LogP contribution in [0.25, 0.3) is 6.08 Å². The van der Waals surface area contributed by atoms with Gasteiger partial charge in [-0.3, -0.25) is 4.79 Å². The van der Waals surface area contributed by atoms with Gasteiger partial charge in [0.05, 0.1) is 13.2 Å². The summed E-state index contributed by atoms with van der Waals surface area (Å²) < 4.78 is 10.1. The summed E-state index contributed by atoms with van der Waals surface area (Å²) in [4.78, 5) is 23.6. The molecule has 5 nitrogen and oxygen atoms in total. The van der Waals surface area contributed by atoms with Crippen LogP contribution >= 0.6 is 0 Å². The Balaban J connectivity index is 1.79. The molecule has 0 heterocycles. The molecule has 1 atom stereocenters. The monoisotopic (exact) mass is 339 g/mol. The highest BCUT2D eigenvalue weighted by Crippen LogP contribution is 2.13.